The van der Waals surface area contributed by atoms with Crippen molar-refractivity contribution in [2.75, 3.05) is 6.54 Å². The number of benzene rings is 2. The Hall–Kier alpha value is -3.15. The first-order valence-corrected chi connectivity index (χ1v) is 8.23. The topological polar surface area (TPSA) is 92.1 Å². The monoisotopic (exact) mass is 334 g/mol. The predicted octanol–water partition coefficient (Wildman–Crippen LogP) is 1.72. The van der Waals surface area contributed by atoms with Gasteiger partial charge in [-0.1, -0.05) is 42.5 Å². The molecule has 25 heavy (non-hydrogen) atoms. The number of aromatic amines is 1. The Morgan fingerprint density at radius 1 is 1.16 bits per heavy atom. The minimum Gasteiger partial charge on any atom is -0.368 e. The fourth-order valence-corrected chi connectivity index (χ4v) is 3.54. The van der Waals surface area contributed by atoms with E-state index in [1.165, 1.54) is 0 Å². The van der Waals surface area contributed by atoms with Crippen molar-refractivity contribution in [2.24, 2.45) is 5.73 Å². The molecule has 0 saturated heterocycles. The van der Waals surface area contributed by atoms with E-state index in [9.17, 15) is 9.59 Å². The van der Waals surface area contributed by atoms with Crippen LogP contribution in [0.15, 0.2) is 48.5 Å². The summed E-state index contributed by atoms with van der Waals surface area (Å²) in [5, 5.41) is 8.07. The van der Waals surface area contributed by atoms with Crippen LogP contribution >= 0.6 is 0 Å². The molecule has 1 atom stereocenters. The van der Waals surface area contributed by atoms with E-state index in [1.807, 2.05) is 48.5 Å². The number of fused-ring (bicyclic) bond motifs is 2. The van der Waals surface area contributed by atoms with Crippen LogP contribution in [-0.2, 0) is 22.4 Å². The number of aromatic nitrogens is 2. The number of amides is 2. The van der Waals surface area contributed by atoms with Crippen LogP contribution in [0.5, 0.6) is 0 Å². The van der Waals surface area contributed by atoms with Crippen LogP contribution in [0.4, 0.5) is 0 Å². The molecule has 4 rings (SSSR count). The van der Waals surface area contributed by atoms with Gasteiger partial charge in [0.05, 0.1) is 17.6 Å². The molecule has 6 nitrogen and oxygen atoms in total. The first-order valence-electron chi connectivity index (χ1n) is 8.23. The molecule has 1 unspecified atom stereocenters. The van der Waals surface area contributed by atoms with Crippen LogP contribution < -0.4 is 5.73 Å². The summed E-state index contributed by atoms with van der Waals surface area (Å²) in [5.41, 5.74) is 9.09. The van der Waals surface area contributed by atoms with E-state index in [1.54, 1.807) is 4.90 Å². The molecule has 126 valence electrons. The third-order valence-corrected chi connectivity index (χ3v) is 4.74. The largest absolute Gasteiger partial charge is 0.368 e. The Balaban J connectivity index is 1.64. The number of nitrogens with one attached hydrogen (secondary N) is 1. The van der Waals surface area contributed by atoms with Gasteiger partial charge in [0.25, 0.3) is 0 Å². The highest BCUT2D eigenvalue weighted by molar-refractivity contribution is 5.91. The van der Waals surface area contributed by atoms with E-state index < -0.39 is 11.9 Å². The van der Waals surface area contributed by atoms with Crippen molar-refractivity contribution in [3.8, 4) is 0 Å². The minimum absolute atomic E-state index is 0.132. The van der Waals surface area contributed by atoms with Crippen molar-refractivity contribution in [3.63, 3.8) is 0 Å². The molecule has 1 aliphatic rings. The highest BCUT2D eigenvalue weighted by Crippen LogP contribution is 2.30. The second-order valence-corrected chi connectivity index (χ2v) is 6.24. The molecular formula is C19H18N4O2. The zero-order valence-electron chi connectivity index (χ0n) is 13.6. The molecule has 0 bridgehead atoms. The maximum atomic E-state index is 12.9. The highest BCUT2D eigenvalue weighted by Gasteiger charge is 2.34. The maximum absolute atomic E-state index is 12.9. The van der Waals surface area contributed by atoms with E-state index in [2.05, 4.69) is 10.2 Å². The SMILES string of the molecule is NC(=O)C1c2ccccc2CCN1C(=O)Cc1[nH]nc2ccccc12. The van der Waals surface area contributed by atoms with Crippen molar-refractivity contribution < 1.29 is 9.59 Å². The third-order valence-electron chi connectivity index (χ3n) is 4.74. The number of para-hydroxylation sites is 1. The van der Waals surface area contributed by atoms with Gasteiger partial charge < -0.3 is 10.6 Å². The van der Waals surface area contributed by atoms with E-state index in [4.69, 9.17) is 5.73 Å². The number of hydrogen-bond donors (Lipinski definition) is 2. The van der Waals surface area contributed by atoms with E-state index in [-0.39, 0.29) is 12.3 Å². The van der Waals surface area contributed by atoms with Crippen LogP contribution in [-0.4, -0.2) is 33.5 Å². The zero-order chi connectivity index (χ0) is 17.4. The second kappa shape index (κ2) is 6.05. The number of carbonyl (C=O) groups is 2. The molecule has 1 aromatic heterocycles. The summed E-state index contributed by atoms with van der Waals surface area (Å²) in [7, 11) is 0. The standard InChI is InChI=1S/C19H18N4O2/c20-19(25)18-13-6-2-1-5-12(13)9-10-23(18)17(24)11-16-14-7-3-4-8-15(14)21-22-16/h1-8,18H,9-11H2,(H2,20,25)(H,21,22). The Kier molecular flexibility index (Phi) is 3.72. The molecule has 0 aliphatic carbocycles. The number of H-pyrrole nitrogens is 1. The van der Waals surface area contributed by atoms with E-state index >= 15 is 0 Å². The lowest BCUT2D eigenvalue weighted by atomic mass is 9.91. The molecule has 2 amide bonds. The van der Waals surface area contributed by atoms with Gasteiger partial charge in [0.1, 0.15) is 6.04 Å². The van der Waals surface area contributed by atoms with Crippen LogP contribution in [0.25, 0.3) is 10.9 Å². The Morgan fingerprint density at radius 2 is 1.92 bits per heavy atom. The van der Waals surface area contributed by atoms with Gasteiger partial charge >= 0.3 is 0 Å². The smallest absolute Gasteiger partial charge is 0.244 e. The van der Waals surface area contributed by atoms with Crippen molar-refractivity contribution >= 4 is 22.7 Å². The van der Waals surface area contributed by atoms with Gasteiger partial charge in [-0.3, -0.25) is 14.7 Å². The molecule has 0 radical (unpaired) electrons. The average molecular weight is 334 g/mol. The summed E-state index contributed by atoms with van der Waals surface area (Å²) < 4.78 is 0. The fraction of sp³-hybridized carbons (Fsp3) is 0.211. The lowest BCUT2D eigenvalue weighted by Gasteiger charge is -2.35. The summed E-state index contributed by atoms with van der Waals surface area (Å²) in [6.07, 6.45) is 0.877. The van der Waals surface area contributed by atoms with Gasteiger partial charge in [0.15, 0.2) is 0 Å². The maximum Gasteiger partial charge on any atom is 0.244 e. The predicted molar refractivity (Wildman–Crippen MR) is 93.6 cm³/mol. The fourth-order valence-electron chi connectivity index (χ4n) is 3.54. The van der Waals surface area contributed by atoms with Crippen LogP contribution in [0.3, 0.4) is 0 Å². The molecule has 6 heteroatoms. The summed E-state index contributed by atoms with van der Waals surface area (Å²) in [5.74, 6) is -0.636. The van der Waals surface area contributed by atoms with E-state index in [0.29, 0.717) is 6.54 Å². The molecule has 0 fully saturated rings. The number of rotatable bonds is 3. The minimum atomic E-state index is -0.716. The quantitative estimate of drug-likeness (QED) is 0.764. The first-order chi connectivity index (χ1) is 12.1. The zero-order valence-corrected chi connectivity index (χ0v) is 13.6. The highest BCUT2D eigenvalue weighted by atomic mass is 16.2. The molecular weight excluding hydrogens is 316 g/mol. The Labute approximate surface area is 144 Å². The molecule has 0 saturated carbocycles. The number of nitrogens with two attached hydrogens (primary N) is 1. The van der Waals surface area contributed by atoms with Crippen LogP contribution in [0.1, 0.15) is 22.9 Å². The van der Waals surface area contributed by atoms with Gasteiger partial charge in [0.2, 0.25) is 11.8 Å². The number of hydrogen-bond acceptors (Lipinski definition) is 3. The van der Waals surface area contributed by atoms with Crippen LogP contribution in [0, 0.1) is 0 Å². The normalized spacial score (nSPS) is 16.6. The molecule has 2 aromatic carbocycles. The van der Waals surface area contributed by atoms with Crippen molar-refractivity contribution in [1.29, 1.82) is 0 Å². The van der Waals surface area contributed by atoms with Gasteiger partial charge in [-0.05, 0) is 23.6 Å². The molecule has 3 aromatic rings. The number of carbonyl (C=O) groups excluding carboxylic acids is 2. The lowest BCUT2D eigenvalue weighted by Crippen LogP contribution is -2.46. The summed E-state index contributed by atoms with van der Waals surface area (Å²) in [4.78, 5) is 26.5. The van der Waals surface area contributed by atoms with Gasteiger partial charge in [-0.25, -0.2) is 0 Å². The first kappa shape index (κ1) is 15.4. The van der Waals surface area contributed by atoms with Crippen molar-refractivity contribution in [2.45, 2.75) is 18.9 Å². The number of primary amides is 1. The van der Waals surface area contributed by atoms with Gasteiger partial charge in [0, 0.05) is 11.9 Å². The Morgan fingerprint density at radius 3 is 2.76 bits per heavy atom. The van der Waals surface area contributed by atoms with Gasteiger partial charge in [-0.2, -0.15) is 5.10 Å². The second-order valence-electron chi connectivity index (χ2n) is 6.24. The average Bonchev–Trinajstić information content (AvgIpc) is 3.03. The molecule has 0 spiro atoms. The molecule has 1 aliphatic heterocycles. The van der Waals surface area contributed by atoms with Crippen molar-refractivity contribution in [3.05, 3.63) is 65.4 Å². The van der Waals surface area contributed by atoms with Crippen LogP contribution in [0.2, 0.25) is 0 Å². The van der Waals surface area contributed by atoms with E-state index in [0.717, 1.165) is 34.1 Å². The third kappa shape index (κ3) is 2.65. The summed E-state index contributed by atoms with van der Waals surface area (Å²) in [6.45, 7) is 0.482. The molecule has 3 N–H and O–H groups in total. The van der Waals surface area contributed by atoms with Gasteiger partial charge in [-0.15, -0.1) is 0 Å². The van der Waals surface area contributed by atoms with Crippen molar-refractivity contribution in [1.82, 2.24) is 15.1 Å². The molecule has 2 heterocycles. The summed E-state index contributed by atoms with van der Waals surface area (Å²) in [6, 6.07) is 14.6. The lowest BCUT2D eigenvalue weighted by molar-refractivity contribution is -0.139. The summed E-state index contributed by atoms with van der Waals surface area (Å²) >= 11 is 0. The number of nitrogens with zero attached hydrogens (tertiary/aromatic N) is 2. The Bertz CT molecular complexity index is 963.